The first-order valence-electron chi connectivity index (χ1n) is 15.7. The Morgan fingerprint density at radius 3 is 2.64 bits per heavy atom. The number of anilines is 3. The molecule has 222 valence electrons. The molecule has 1 amide bonds. The Morgan fingerprint density at radius 2 is 1.88 bits per heavy atom. The molecule has 3 aliphatic heterocycles. The van der Waals surface area contributed by atoms with Crippen LogP contribution in [-0.4, -0.2) is 97.2 Å². The van der Waals surface area contributed by atoms with Crippen LogP contribution in [-0.2, 0) is 24.1 Å². The third-order valence-electron chi connectivity index (χ3n) is 9.85. The fraction of sp³-hybridized carbons (Fsp3) is 0.576. The minimum atomic E-state index is -0.180. The molecule has 0 bridgehead atoms. The van der Waals surface area contributed by atoms with Gasteiger partial charge in [-0.3, -0.25) is 4.79 Å². The summed E-state index contributed by atoms with van der Waals surface area (Å²) in [5.41, 5.74) is 5.27. The molecule has 9 heteroatoms. The number of carbonyl (C=O) groups is 1. The van der Waals surface area contributed by atoms with Crippen molar-refractivity contribution >= 4 is 23.4 Å². The molecule has 0 unspecified atom stereocenters. The highest BCUT2D eigenvalue weighted by atomic mass is 16.2. The van der Waals surface area contributed by atoms with Crippen molar-refractivity contribution < 1.29 is 4.79 Å². The molecule has 0 N–H and O–H groups in total. The molecule has 1 aromatic heterocycles. The number of nitriles is 1. The standard InChI is InChI=1S/C33H44N8O/c1-4-31(42)41-21-20-39(23-27(41)13-16-34)32-28-12-11-26(40-17-7-9-24-8-5-6-10-30(24)40)22-29(28)35-33(36-32)38-18-14-25(15-19-38)37(2)3/h4-6,8,10,25-27H,1,7,9,11-15,17-23H2,2-3H3/t26-,27+/m1/s1. The number of amides is 1. The van der Waals surface area contributed by atoms with Gasteiger partial charge in [-0.2, -0.15) is 10.2 Å². The monoisotopic (exact) mass is 568 g/mol. The molecule has 2 atom stereocenters. The minimum Gasteiger partial charge on any atom is -0.368 e. The van der Waals surface area contributed by atoms with E-state index in [0.29, 0.717) is 38.1 Å². The number of aromatic nitrogens is 2. The van der Waals surface area contributed by atoms with Gasteiger partial charge in [0.15, 0.2) is 0 Å². The normalized spacial score (nSPS) is 22.9. The van der Waals surface area contributed by atoms with Crippen molar-refractivity contribution in [1.82, 2.24) is 19.8 Å². The SMILES string of the molecule is C=CC(=O)N1CCN(c2nc(N3CCC(N(C)C)CC3)nc3c2CC[C@@H](N2CCCc4ccccc42)C3)C[C@@H]1CC#N. The number of nitrogens with zero attached hydrogens (tertiary/aromatic N) is 8. The summed E-state index contributed by atoms with van der Waals surface area (Å²) in [4.78, 5) is 34.6. The summed E-state index contributed by atoms with van der Waals surface area (Å²) in [5.74, 6) is 1.74. The van der Waals surface area contributed by atoms with Crippen LogP contribution >= 0.6 is 0 Å². The lowest BCUT2D eigenvalue weighted by Crippen LogP contribution is -2.55. The zero-order valence-electron chi connectivity index (χ0n) is 25.2. The van der Waals surface area contributed by atoms with Gasteiger partial charge in [-0.25, -0.2) is 4.98 Å². The lowest BCUT2D eigenvalue weighted by molar-refractivity contribution is -0.128. The van der Waals surface area contributed by atoms with E-state index >= 15 is 0 Å². The maximum Gasteiger partial charge on any atom is 0.246 e. The van der Waals surface area contributed by atoms with Crippen LogP contribution in [0.25, 0.3) is 0 Å². The van der Waals surface area contributed by atoms with Gasteiger partial charge in [0.1, 0.15) is 5.82 Å². The van der Waals surface area contributed by atoms with E-state index in [0.717, 1.165) is 69.9 Å². The van der Waals surface area contributed by atoms with E-state index in [2.05, 4.69) is 70.6 Å². The van der Waals surface area contributed by atoms with Gasteiger partial charge in [-0.15, -0.1) is 0 Å². The molecule has 2 fully saturated rings. The highest BCUT2D eigenvalue weighted by Gasteiger charge is 2.36. The van der Waals surface area contributed by atoms with Crippen LogP contribution in [0.15, 0.2) is 36.9 Å². The van der Waals surface area contributed by atoms with Gasteiger partial charge in [-0.05, 0) is 70.3 Å². The lowest BCUT2D eigenvalue weighted by atomic mass is 9.88. The van der Waals surface area contributed by atoms with E-state index in [1.54, 1.807) is 4.90 Å². The van der Waals surface area contributed by atoms with Gasteiger partial charge in [0.2, 0.25) is 11.9 Å². The smallest absolute Gasteiger partial charge is 0.246 e. The second kappa shape index (κ2) is 12.3. The number of hydrogen-bond donors (Lipinski definition) is 0. The van der Waals surface area contributed by atoms with Crippen molar-refractivity contribution in [2.75, 3.05) is 68.1 Å². The fourth-order valence-corrected chi connectivity index (χ4v) is 7.49. The first kappa shape index (κ1) is 28.5. The Kier molecular flexibility index (Phi) is 8.34. The first-order chi connectivity index (χ1) is 20.5. The number of benzene rings is 1. The van der Waals surface area contributed by atoms with E-state index in [1.165, 1.54) is 35.0 Å². The molecule has 4 aliphatic rings. The third kappa shape index (κ3) is 5.57. The minimum absolute atomic E-state index is 0.103. The van der Waals surface area contributed by atoms with E-state index in [4.69, 9.17) is 9.97 Å². The number of carbonyl (C=O) groups excluding carboxylic acids is 1. The molecule has 9 nitrogen and oxygen atoms in total. The molecule has 0 spiro atoms. The number of aryl methyl sites for hydroxylation is 1. The Labute approximate surface area is 250 Å². The van der Waals surface area contributed by atoms with Crippen molar-refractivity contribution in [2.24, 2.45) is 0 Å². The predicted molar refractivity (Wildman–Crippen MR) is 167 cm³/mol. The Morgan fingerprint density at radius 1 is 1.07 bits per heavy atom. The average molecular weight is 569 g/mol. The maximum absolute atomic E-state index is 12.6. The second-order valence-electron chi connectivity index (χ2n) is 12.5. The van der Waals surface area contributed by atoms with Gasteiger partial charge in [-0.1, -0.05) is 24.8 Å². The Hall–Kier alpha value is -3.64. The van der Waals surface area contributed by atoms with E-state index < -0.39 is 0 Å². The fourth-order valence-electron chi connectivity index (χ4n) is 7.49. The maximum atomic E-state index is 12.6. The van der Waals surface area contributed by atoms with Crippen molar-refractivity contribution in [3.05, 3.63) is 53.7 Å². The van der Waals surface area contributed by atoms with Gasteiger partial charge < -0.3 is 24.5 Å². The molecule has 1 aromatic carbocycles. The van der Waals surface area contributed by atoms with E-state index in [-0.39, 0.29) is 11.9 Å². The number of piperidine rings is 1. The summed E-state index contributed by atoms with van der Waals surface area (Å²) < 4.78 is 0. The van der Waals surface area contributed by atoms with Gasteiger partial charge >= 0.3 is 0 Å². The van der Waals surface area contributed by atoms with Crippen molar-refractivity contribution in [3.63, 3.8) is 0 Å². The number of para-hydroxylation sites is 1. The van der Waals surface area contributed by atoms with E-state index in [1.807, 2.05) is 0 Å². The molecule has 6 rings (SSSR count). The highest BCUT2D eigenvalue weighted by Crippen LogP contribution is 2.37. The quantitative estimate of drug-likeness (QED) is 0.491. The van der Waals surface area contributed by atoms with Crippen LogP contribution in [0.4, 0.5) is 17.5 Å². The zero-order chi connectivity index (χ0) is 29.2. The van der Waals surface area contributed by atoms with Crippen molar-refractivity contribution in [3.8, 4) is 6.07 Å². The molecule has 42 heavy (non-hydrogen) atoms. The van der Waals surface area contributed by atoms with E-state index in [9.17, 15) is 10.1 Å². The van der Waals surface area contributed by atoms with Crippen molar-refractivity contribution in [1.29, 1.82) is 5.26 Å². The summed E-state index contributed by atoms with van der Waals surface area (Å²) in [6.07, 6.45) is 9.12. The summed E-state index contributed by atoms with van der Waals surface area (Å²) in [6.45, 7) is 8.52. The van der Waals surface area contributed by atoms with Crippen molar-refractivity contribution in [2.45, 2.75) is 69.5 Å². The largest absolute Gasteiger partial charge is 0.368 e. The lowest BCUT2D eigenvalue weighted by Gasteiger charge is -2.43. The number of piperazine rings is 1. The van der Waals surface area contributed by atoms with Gasteiger partial charge in [0, 0.05) is 69.0 Å². The molecule has 4 heterocycles. The molecule has 1 aliphatic carbocycles. The van der Waals surface area contributed by atoms with Crippen LogP contribution in [0.5, 0.6) is 0 Å². The average Bonchev–Trinajstić information content (AvgIpc) is 3.03. The zero-order valence-corrected chi connectivity index (χ0v) is 25.2. The molecule has 2 aromatic rings. The van der Waals surface area contributed by atoms with Crippen LogP contribution in [0, 0.1) is 11.3 Å². The summed E-state index contributed by atoms with van der Waals surface area (Å²) in [7, 11) is 4.34. The molecular weight excluding hydrogens is 524 g/mol. The molecule has 0 saturated carbocycles. The Balaban J connectivity index is 1.32. The number of rotatable bonds is 6. The van der Waals surface area contributed by atoms with Crippen LogP contribution in [0.3, 0.4) is 0 Å². The van der Waals surface area contributed by atoms with Crippen LogP contribution < -0.4 is 14.7 Å². The van der Waals surface area contributed by atoms with Crippen LogP contribution in [0.1, 0.15) is 48.9 Å². The number of hydrogen-bond acceptors (Lipinski definition) is 8. The first-order valence-corrected chi connectivity index (χ1v) is 15.7. The highest BCUT2D eigenvalue weighted by molar-refractivity contribution is 5.87. The Bertz CT molecular complexity index is 1340. The third-order valence-corrected chi connectivity index (χ3v) is 9.85. The number of fused-ring (bicyclic) bond motifs is 2. The van der Waals surface area contributed by atoms with Gasteiger partial charge in [0.05, 0.1) is 24.2 Å². The molecule has 2 saturated heterocycles. The summed E-state index contributed by atoms with van der Waals surface area (Å²) >= 11 is 0. The topological polar surface area (TPSA) is 82.8 Å². The second-order valence-corrected chi connectivity index (χ2v) is 12.5. The van der Waals surface area contributed by atoms with Gasteiger partial charge in [0.25, 0.3) is 0 Å². The predicted octanol–water partition coefficient (Wildman–Crippen LogP) is 3.43. The summed E-state index contributed by atoms with van der Waals surface area (Å²) in [5, 5.41) is 9.56. The molecular formula is C33H44N8O. The summed E-state index contributed by atoms with van der Waals surface area (Å²) in [6, 6.07) is 12.0. The molecule has 0 radical (unpaired) electrons. The van der Waals surface area contributed by atoms with Crippen LogP contribution in [0.2, 0.25) is 0 Å².